The summed E-state index contributed by atoms with van der Waals surface area (Å²) in [5.41, 5.74) is 2.91. The van der Waals surface area contributed by atoms with Crippen LogP contribution < -0.4 is 9.47 Å². The van der Waals surface area contributed by atoms with E-state index in [2.05, 4.69) is 26.0 Å². The Morgan fingerprint density at radius 3 is 2.46 bits per heavy atom. The fraction of sp³-hybridized carbons (Fsp3) is 0.250. The van der Waals surface area contributed by atoms with E-state index in [1.807, 2.05) is 24.3 Å². The first-order valence-electron chi connectivity index (χ1n) is 7.80. The van der Waals surface area contributed by atoms with E-state index >= 15 is 0 Å². The molecule has 4 nitrogen and oxygen atoms in total. The van der Waals surface area contributed by atoms with Crippen LogP contribution in [0.2, 0.25) is 0 Å². The lowest BCUT2D eigenvalue weighted by molar-refractivity contribution is -0.131. The highest BCUT2D eigenvalue weighted by Gasteiger charge is 2.06. The Morgan fingerprint density at radius 1 is 1.17 bits per heavy atom. The Kier molecular flexibility index (Phi) is 6.01. The zero-order chi connectivity index (χ0) is 17.5. The van der Waals surface area contributed by atoms with E-state index in [0.717, 1.165) is 23.0 Å². The Morgan fingerprint density at radius 2 is 1.88 bits per heavy atom. The average molecular weight is 326 g/mol. The maximum absolute atomic E-state index is 10.6. The number of hydrogen-bond acceptors (Lipinski definition) is 3. The second-order valence-corrected chi connectivity index (χ2v) is 5.76. The Labute approximate surface area is 142 Å². The molecule has 0 saturated heterocycles. The quantitative estimate of drug-likeness (QED) is 0.761. The Balaban J connectivity index is 2.12. The van der Waals surface area contributed by atoms with Crippen LogP contribution in [0, 0.1) is 0 Å². The van der Waals surface area contributed by atoms with E-state index in [4.69, 9.17) is 14.6 Å². The minimum Gasteiger partial charge on any atom is -0.496 e. The molecule has 0 amide bonds. The fourth-order valence-electron chi connectivity index (χ4n) is 2.29. The molecule has 0 aliphatic carbocycles. The Bertz CT molecular complexity index is 715. The summed E-state index contributed by atoms with van der Waals surface area (Å²) < 4.78 is 11.2. The third kappa shape index (κ3) is 4.88. The van der Waals surface area contributed by atoms with Crippen LogP contribution in [0.4, 0.5) is 0 Å². The molecular weight excluding hydrogens is 304 g/mol. The van der Waals surface area contributed by atoms with Crippen LogP contribution in [0.25, 0.3) is 6.08 Å². The summed E-state index contributed by atoms with van der Waals surface area (Å²) >= 11 is 0. The molecule has 0 saturated carbocycles. The number of benzene rings is 2. The van der Waals surface area contributed by atoms with E-state index in [-0.39, 0.29) is 0 Å². The summed E-state index contributed by atoms with van der Waals surface area (Å²) in [5, 5.41) is 8.72. The van der Waals surface area contributed by atoms with Crippen molar-refractivity contribution in [3.63, 3.8) is 0 Å². The maximum Gasteiger partial charge on any atom is 0.328 e. The molecule has 0 spiro atoms. The van der Waals surface area contributed by atoms with Crippen LogP contribution in [-0.4, -0.2) is 18.2 Å². The molecular formula is C20H22O4. The monoisotopic (exact) mass is 326 g/mol. The zero-order valence-corrected chi connectivity index (χ0v) is 14.2. The summed E-state index contributed by atoms with van der Waals surface area (Å²) in [7, 11) is 1.60. The van der Waals surface area contributed by atoms with Gasteiger partial charge in [0.1, 0.15) is 18.1 Å². The number of methoxy groups -OCH3 is 1. The second-order valence-electron chi connectivity index (χ2n) is 5.76. The van der Waals surface area contributed by atoms with Crippen molar-refractivity contribution >= 4 is 12.0 Å². The van der Waals surface area contributed by atoms with Crippen LogP contribution in [-0.2, 0) is 11.4 Å². The lowest BCUT2D eigenvalue weighted by Gasteiger charge is -2.12. The van der Waals surface area contributed by atoms with Crippen molar-refractivity contribution in [2.75, 3.05) is 7.11 Å². The third-order valence-corrected chi connectivity index (χ3v) is 3.66. The molecule has 2 aromatic rings. The minimum atomic E-state index is -0.978. The van der Waals surface area contributed by atoms with E-state index in [1.54, 1.807) is 19.3 Å². The van der Waals surface area contributed by atoms with Gasteiger partial charge in [-0.15, -0.1) is 0 Å². The van der Waals surface area contributed by atoms with Crippen molar-refractivity contribution in [1.82, 2.24) is 0 Å². The normalized spacial score (nSPS) is 11.0. The first-order valence-corrected chi connectivity index (χ1v) is 7.80. The molecule has 0 heterocycles. The van der Waals surface area contributed by atoms with Gasteiger partial charge < -0.3 is 14.6 Å². The van der Waals surface area contributed by atoms with Crippen molar-refractivity contribution in [3.05, 3.63) is 65.2 Å². The summed E-state index contributed by atoms with van der Waals surface area (Å²) in [6.45, 7) is 4.65. The number of rotatable bonds is 7. The first-order chi connectivity index (χ1) is 11.5. The van der Waals surface area contributed by atoms with Crippen molar-refractivity contribution in [1.29, 1.82) is 0 Å². The third-order valence-electron chi connectivity index (χ3n) is 3.66. The molecule has 1 N–H and O–H groups in total. The topological polar surface area (TPSA) is 55.8 Å². The van der Waals surface area contributed by atoms with E-state index in [9.17, 15) is 4.79 Å². The molecule has 0 radical (unpaired) electrons. The lowest BCUT2D eigenvalue weighted by Crippen LogP contribution is -1.99. The molecule has 24 heavy (non-hydrogen) atoms. The van der Waals surface area contributed by atoms with Crippen molar-refractivity contribution in [2.24, 2.45) is 0 Å². The summed E-state index contributed by atoms with van der Waals surface area (Å²) in [6, 6.07) is 13.5. The van der Waals surface area contributed by atoms with E-state index in [1.165, 1.54) is 5.56 Å². The van der Waals surface area contributed by atoms with Crippen LogP contribution in [0.15, 0.2) is 48.5 Å². The Hall–Kier alpha value is -2.75. The smallest absolute Gasteiger partial charge is 0.328 e. The molecule has 0 aliphatic heterocycles. The van der Waals surface area contributed by atoms with Crippen LogP contribution >= 0.6 is 0 Å². The molecule has 0 fully saturated rings. The van der Waals surface area contributed by atoms with Gasteiger partial charge in [-0.2, -0.15) is 0 Å². The van der Waals surface area contributed by atoms with Crippen LogP contribution in [0.3, 0.4) is 0 Å². The molecule has 4 heteroatoms. The fourth-order valence-corrected chi connectivity index (χ4v) is 2.29. The molecule has 2 aromatic carbocycles. The van der Waals surface area contributed by atoms with Gasteiger partial charge in [-0.25, -0.2) is 4.79 Å². The van der Waals surface area contributed by atoms with Gasteiger partial charge in [0, 0.05) is 11.6 Å². The molecule has 0 aliphatic rings. The standard InChI is InChI=1S/C20H22O4/c1-14(2)16-6-8-18(9-7-16)24-13-17-12-15(5-11-20(21)22)4-10-19(17)23-3/h4-12,14H,13H2,1-3H3,(H,21,22)/b11-5+. The molecule has 0 aromatic heterocycles. The number of ether oxygens (including phenoxy) is 2. The van der Waals surface area contributed by atoms with Crippen LogP contribution in [0.5, 0.6) is 11.5 Å². The van der Waals surface area contributed by atoms with Crippen LogP contribution in [0.1, 0.15) is 36.5 Å². The zero-order valence-electron chi connectivity index (χ0n) is 14.2. The average Bonchev–Trinajstić information content (AvgIpc) is 2.58. The predicted molar refractivity (Wildman–Crippen MR) is 94.5 cm³/mol. The maximum atomic E-state index is 10.6. The van der Waals surface area contributed by atoms with Gasteiger partial charge in [-0.1, -0.05) is 32.0 Å². The molecule has 0 unspecified atom stereocenters. The second kappa shape index (κ2) is 8.20. The molecule has 0 atom stereocenters. The van der Waals surface area contributed by atoms with Gasteiger partial charge in [0.25, 0.3) is 0 Å². The van der Waals surface area contributed by atoms with Crippen molar-refractivity contribution in [3.8, 4) is 11.5 Å². The highest BCUT2D eigenvalue weighted by molar-refractivity contribution is 5.85. The van der Waals surface area contributed by atoms with Gasteiger partial charge in [-0.05, 0) is 47.4 Å². The highest BCUT2D eigenvalue weighted by atomic mass is 16.5. The van der Waals surface area contributed by atoms with E-state index in [0.29, 0.717) is 18.3 Å². The summed E-state index contributed by atoms with van der Waals surface area (Å²) in [6.07, 6.45) is 2.65. The number of carbonyl (C=O) groups is 1. The predicted octanol–water partition coefficient (Wildman–Crippen LogP) is 4.50. The molecule has 2 rings (SSSR count). The van der Waals surface area contributed by atoms with Gasteiger partial charge >= 0.3 is 5.97 Å². The number of hydrogen-bond donors (Lipinski definition) is 1. The number of carboxylic acid groups (broad SMARTS) is 1. The van der Waals surface area contributed by atoms with Gasteiger partial charge in [0.2, 0.25) is 0 Å². The van der Waals surface area contributed by atoms with Gasteiger partial charge in [-0.3, -0.25) is 0 Å². The number of aliphatic carboxylic acids is 1. The van der Waals surface area contributed by atoms with Gasteiger partial charge in [0.15, 0.2) is 0 Å². The minimum absolute atomic E-state index is 0.346. The molecule has 126 valence electrons. The van der Waals surface area contributed by atoms with Crippen molar-refractivity contribution < 1.29 is 19.4 Å². The summed E-state index contributed by atoms with van der Waals surface area (Å²) in [5.74, 6) is 1.000. The first kappa shape index (κ1) is 17.6. The number of carboxylic acids is 1. The van der Waals surface area contributed by atoms with Gasteiger partial charge in [0.05, 0.1) is 7.11 Å². The lowest BCUT2D eigenvalue weighted by atomic mass is 10.0. The van der Waals surface area contributed by atoms with E-state index < -0.39 is 5.97 Å². The molecule has 0 bridgehead atoms. The summed E-state index contributed by atoms with van der Waals surface area (Å²) in [4.78, 5) is 10.6. The van der Waals surface area contributed by atoms with Crippen molar-refractivity contribution in [2.45, 2.75) is 26.4 Å². The SMILES string of the molecule is COc1ccc(/C=C/C(=O)O)cc1COc1ccc(C(C)C)cc1. The largest absolute Gasteiger partial charge is 0.496 e. The highest BCUT2D eigenvalue weighted by Crippen LogP contribution is 2.24.